The van der Waals surface area contributed by atoms with E-state index in [1.807, 2.05) is 12.3 Å². The molecule has 0 fully saturated rings. The topological polar surface area (TPSA) is 24.9 Å². The number of nitrogens with zero attached hydrogens (tertiary/aromatic N) is 1. The normalized spacial score (nSPS) is 11.7. The van der Waals surface area contributed by atoms with E-state index < -0.39 is 0 Å². The minimum Gasteiger partial charge on any atom is -0.383 e. The summed E-state index contributed by atoms with van der Waals surface area (Å²) in [7, 11) is 0. The van der Waals surface area contributed by atoms with Gasteiger partial charge in [-0.1, -0.05) is 39.0 Å². The van der Waals surface area contributed by atoms with Crippen molar-refractivity contribution in [2.24, 2.45) is 5.41 Å². The molecule has 0 spiro atoms. The number of rotatable bonds is 3. The smallest absolute Gasteiger partial charge is 0.0933 e. The molecular weight excluding hydrogens is 208 g/mol. The van der Waals surface area contributed by atoms with Gasteiger partial charge in [0.05, 0.1) is 11.2 Å². The molecule has 2 rings (SSSR count). The van der Waals surface area contributed by atoms with E-state index in [9.17, 15) is 0 Å². The number of benzene rings is 1. The van der Waals surface area contributed by atoms with Gasteiger partial charge in [0, 0.05) is 18.1 Å². The lowest BCUT2D eigenvalue weighted by atomic mass is 9.92. The minimum absolute atomic E-state index is 0.366. The second-order valence-electron chi connectivity index (χ2n) is 5.62. The van der Waals surface area contributed by atoms with E-state index in [0.29, 0.717) is 5.41 Å². The third-order valence-corrected chi connectivity index (χ3v) is 2.82. The Balaban J connectivity index is 2.13. The molecule has 0 bridgehead atoms. The van der Waals surface area contributed by atoms with E-state index in [1.54, 1.807) is 0 Å². The number of nitrogens with one attached hydrogen (secondary N) is 1. The molecular formula is C15H20N2. The van der Waals surface area contributed by atoms with Crippen LogP contribution >= 0.6 is 0 Å². The van der Waals surface area contributed by atoms with Crippen LogP contribution in [0.5, 0.6) is 0 Å². The number of aromatic nitrogens is 1. The zero-order valence-electron chi connectivity index (χ0n) is 10.8. The first-order chi connectivity index (χ1) is 8.06. The molecule has 0 aliphatic carbocycles. The molecule has 0 atom stereocenters. The highest BCUT2D eigenvalue weighted by Gasteiger charge is 2.09. The number of hydrogen-bond donors (Lipinski definition) is 1. The lowest BCUT2D eigenvalue weighted by Gasteiger charge is -2.18. The van der Waals surface area contributed by atoms with Gasteiger partial charge in [-0.15, -0.1) is 0 Å². The maximum Gasteiger partial charge on any atom is 0.0933 e. The van der Waals surface area contributed by atoms with Crippen LogP contribution in [0.3, 0.4) is 0 Å². The zero-order valence-corrected chi connectivity index (χ0v) is 10.8. The van der Waals surface area contributed by atoms with Gasteiger partial charge >= 0.3 is 0 Å². The molecule has 0 saturated heterocycles. The van der Waals surface area contributed by atoms with Crippen molar-refractivity contribution < 1.29 is 0 Å². The van der Waals surface area contributed by atoms with E-state index in [-0.39, 0.29) is 0 Å². The number of hydrogen-bond acceptors (Lipinski definition) is 2. The first-order valence-corrected chi connectivity index (χ1v) is 6.14. The lowest BCUT2D eigenvalue weighted by Crippen LogP contribution is -2.13. The Bertz CT molecular complexity index is 492. The standard InChI is InChI=1S/C15H20N2/c1-15(2,3)9-11-16-13-8-4-6-12-7-5-10-17-14(12)13/h4-8,10,16H,9,11H2,1-3H3. The Morgan fingerprint density at radius 1 is 1.12 bits per heavy atom. The Hall–Kier alpha value is -1.57. The highest BCUT2D eigenvalue weighted by molar-refractivity contribution is 5.90. The van der Waals surface area contributed by atoms with Gasteiger partial charge in [0.1, 0.15) is 0 Å². The molecule has 1 aromatic carbocycles. The molecule has 1 heterocycles. The average molecular weight is 228 g/mol. The number of fused-ring (bicyclic) bond motifs is 1. The highest BCUT2D eigenvalue weighted by Crippen LogP contribution is 2.22. The average Bonchev–Trinajstić information content (AvgIpc) is 2.28. The van der Waals surface area contributed by atoms with E-state index in [2.05, 4.69) is 55.3 Å². The predicted octanol–water partition coefficient (Wildman–Crippen LogP) is 4.08. The van der Waals surface area contributed by atoms with Crippen LogP contribution in [-0.4, -0.2) is 11.5 Å². The van der Waals surface area contributed by atoms with E-state index >= 15 is 0 Å². The summed E-state index contributed by atoms with van der Waals surface area (Å²) in [5.41, 5.74) is 2.56. The fourth-order valence-electron chi connectivity index (χ4n) is 1.82. The molecule has 1 aromatic heterocycles. The maximum atomic E-state index is 4.43. The van der Waals surface area contributed by atoms with Gasteiger partial charge < -0.3 is 5.32 Å². The molecule has 2 nitrogen and oxygen atoms in total. The van der Waals surface area contributed by atoms with Crippen molar-refractivity contribution >= 4 is 16.6 Å². The van der Waals surface area contributed by atoms with Crippen molar-refractivity contribution in [3.05, 3.63) is 36.5 Å². The molecule has 0 radical (unpaired) electrons. The zero-order chi connectivity index (χ0) is 12.3. The Kier molecular flexibility index (Phi) is 3.32. The van der Waals surface area contributed by atoms with Gasteiger partial charge in [-0.25, -0.2) is 0 Å². The van der Waals surface area contributed by atoms with Gasteiger partial charge in [-0.2, -0.15) is 0 Å². The SMILES string of the molecule is CC(C)(C)CCNc1cccc2cccnc12. The number of pyridine rings is 1. The summed E-state index contributed by atoms with van der Waals surface area (Å²) in [6.07, 6.45) is 2.99. The summed E-state index contributed by atoms with van der Waals surface area (Å²) >= 11 is 0. The Morgan fingerprint density at radius 2 is 1.88 bits per heavy atom. The molecule has 0 saturated carbocycles. The molecule has 2 heteroatoms. The molecule has 0 aliphatic heterocycles. The van der Waals surface area contributed by atoms with Crippen LogP contribution < -0.4 is 5.32 Å². The van der Waals surface area contributed by atoms with Crippen LogP contribution in [0, 0.1) is 5.41 Å². The summed E-state index contributed by atoms with van der Waals surface area (Å²) in [5, 5.41) is 4.67. The molecule has 0 amide bonds. The van der Waals surface area contributed by atoms with Crippen molar-refractivity contribution in [2.45, 2.75) is 27.2 Å². The van der Waals surface area contributed by atoms with Crippen molar-refractivity contribution in [1.82, 2.24) is 4.98 Å². The highest BCUT2D eigenvalue weighted by atomic mass is 14.9. The first-order valence-electron chi connectivity index (χ1n) is 6.14. The van der Waals surface area contributed by atoms with E-state index in [4.69, 9.17) is 0 Å². The summed E-state index contributed by atoms with van der Waals surface area (Å²) in [6, 6.07) is 10.3. The molecule has 2 aromatic rings. The van der Waals surface area contributed by atoms with Crippen molar-refractivity contribution in [3.63, 3.8) is 0 Å². The molecule has 0 aliphatic rings. The van der Waals surface area contributed by atoms with Crippen LogP contribution in [0.25, 0.3) is 10.9 Å². The molecule has 17 heavy (non-hydrogen) atoms. The lowest BCUT2D eigenvalue weighted by molar-refractivity contribution is 0.390. The Morgan fingerprint density at radius 3 is 2.65 bits per heavy atom. The fraction of sp³-hybridized carbons (Fsp3) is 0.400. The fourth-order valence-corrected chi connectivity index (χ4v) is 1.82. The second-order valence-corrected chi connectivity index (χ2v) is 5.62. The van der Waals surface area contributed by atoms with Crippen LogP contribution in [-0.2, 0) is 0 Å². The summed E-state index contributed by atoms with van der Waals surface area (Å²) < 4.78 is 0. The molecule has 1 N–H and O–H groups in total. The van der Waals surface area contributed by atoms with Crippen LogP contribution in [0.4, 0.5) is 5.69 Å². The van der Waals surface area contributed by atoms with Gasteiger partial charge in [0.25, 0.3) is 0 Å². The third kappa shape index (κ3) is 3.19. The monoisotopic (exact) mass is 228 g/mol. The Labute approximate surface area is 103 Å². The van der Waals surface area contributed by atoms with Gasteiger partial charge in [-0.3, -0.25) is 4.98 Å². The largest absolute Gasteiger partial charge is 0.383 e. The van der Waals surface area contributed by atoms with Crippen molar-refractivity contribution in [3.8, 4) is 0 Å². The summed E-state index contributed by atoms with van der Waals surface area (Å²) in [5.74, 6) is 0. The van der Waals surface area contributed by atoms with Crippen LogP contribution in [0.2, 0.25) is 0 Å². The van der Waals surface area contributed by atoms with Gasteiger partial charge in [-0.05, 0) is 24.0 Å². The first kappa shape index (κ1) is 11.9. The van der Waals surface area contributed by atoms with Crippen molar-refractivity contribution in [2.75, 3.05) is 11.9 Å². The van der Waals surface area contributed by atoms with Crippen molar-refractivity contribution in [1.29, 1.82) is 0 Å². The molecule has 0 unspecified atom stereocenters. The predicted molar refractivity (Wildman–Crippen MR) is 74.3 cm³/mol. The second kappa shape index (κ2) is 4.74. The number of para-hydroxylation sites is 1. The summed E-state index contributed by atoms with van der Waals surface area (Å²) in [4.78, 5) is 4.43. The minimum atomic E-state index is 0.366. The quantitative estimate of drug-likeness (QED) is 0.856. The van der Waals surface area contributed by atoms with Crippen LogP contribution in [0.15, 0.2) is 36.5 Å². The summed E-state index contributed by atoms with van der Waals surface area (Å²) in [6.45, 7) is 7.77. The third-order valence-electron chi connectivity index (χ3n) is 2.82. The van der Waals surface area contributed by atoms with E-state index in [1.165, 1.54) is 5.39 Å². The molecule has 90 valence electrons. The van der Waals surface area contributed by atoms with E-state index in [0.717, 1.165) is 24.2 Å². The van der Waals surface area contributed by atoms with Crippen LogP contribution in [0.1, 0.15) is 27.2 Å². The van der Waals surface area contributed by atoms with Gasteiger partial charge in [0.15, 0.2) is 0 Å². The number of anilines is 1. The van der Waals surface area contributed by atoms with Gasteiger partial charge in [0.2, 0.25) is 0 Å². The maximum absolute atomic E-state index is 4.43.